The van der Waals surface area contributed by atoms with Crippen LogP contribution in [0.25, 0.3) is 11.0 Å². The van der Waals surface area contributed by atoms with Crippen LogP contribution in [0.5, 0.6) is 17.2 Å². The van der Waals surface area contributed by atoms with Crippen molar-refractivity contribution in [3.63, 3.8) is 0 Å². The van der Waals surface area contributed by atoms with Gasteiger partial charge in [-0.2, -0.15) is 0 Å². The summed E-state index contributed by atoms with van der Waals surface area (Å²) in [5.74, 6) is 2.24. The highest BCUT2D eigenvalue weighted by molar-refractivity contribution is 5.80. The molecule has 156 valence electrons. The van der Waals surface area contributed by atoms with Gasteiger partial charge in [-0.15, -0.1) is 0 Å². The fourth-order valence-corrected chi connectivity index (χ4v) is 3.58. The molecule has 4 rings (SSSR count). The van der Waals surface area contributed by atoms with Crippen LogP contribution in [0.2, 0.25) is 0 Å². The first kappa shape index (κ1) is 20.0. The van der Waals surface area contributed by atoms with Crippen molar-refractivity contribution in [2.45, 2.75) is 26.7 Å². The van der Waals surface area contributed by atoms with E-state index in [0.29, 0.717) is 34.1 Å². The van der Waals surface area contributed by atoms with Gasteiger partial charge < -0.3 is 18.8 Å². The molecule has 1 amide bonds. The van der Waals surface area contributed by atoms with Crippen molar-refractivity contribution in [3.8, 4) is 17.2 Å². The summed E-state index contributed by atoms with van der Waals surface area (Å²) in [4.78, 5) is 27.1. The maximum absolute atomic E-state index is 12.9. The number of nitrogens with zero attached hydrogens (tertiary/aromatic N) is 1. The number of likely N-dealkylation sites (tertiary alicyclic amines) is 1. The Morgan fingerprint density at radius 2 is 1.83 bits per heavy atom. The zero-order chi connectivity index (χ0) is 21.1. The molecule has 1 fully saturated rings. The molecule has 1 aromatic heterocycles. The molecule has 2 aromatic carbocycles. The SMILES string of the molecule is Cc1oc2cc(OCC(=O)N3CCC(C)CC3)ccc2c(=O)c1Oc1ccccc1. The third kappa shape index (κ3) is 4.32. The Morgan fingerprint density at radius 1 is 1.10 bits per heavy atom. The summed E-state index contributed by atoms with van der Waals surface area (Å²) in [5.41, 5.74) is 0.150. The molecule has 0 aliphatic carbocycles. The van der Waals surface area contributed by atoms with Gasteiger partial charge in [-0.3, -0.25) is 9.59 Å². The van der Waals surface area contributed by atoms with Crippen molar-refractivity contribution in [1.82, 2.24) is 4.90 Å². The number of hydrogen-bond acceptors (Lipinski definition) is 5. The predicted molar refractivity (Wildman–Crippen MR) is 114 cm³/mol. The second-order valence-electron chi connectivity index (χ2n) is 7.74. The Bertz CT molecular complexity index is 1100. The molecular weight excluding hydrogens is 382 g/mol. The van der Waals surface area contributed by atoms with Crippen LogP contribution in [0.4, 0.5) is 0 Å². The van der Waals surface area contributed by atoms with Gasteiger partial charge in [0, 0.05) is 19.2 Å². The zero-order valence-electron chi connectivity index (χ0n) is 17.2. The van der Waals surface area contributed by atoms with Gasteiger partial charge >= 0.3 is 0 Å². The molecule has 6 nitrogen and oxygen atoms in total. The molecule has 1 aliphatic rings. The quantitative estimate of drug-likeness (QED) is 0.621. The van der Waals surface area contributed by atoms with E-state index in [0.717, 1.165) is 25.9 Å². The van der Waals surface area contributed by atoms with Crippen molar-refractivity contribution in [2.75, 3.05) is 19.7 Å². The average molecular weight is 407 g/mol. The lowest BCUT2D eigenvalue weighted by Crippen LogP contribution is -2.40. The molecule has 0 saturated carbocycles. The minimum absolute atomic E-state index is 0.0220. The van der Waals surface area contributed by atoms with E-state index in [2.05, 4.69) is 6.92 Å². The van der Waals surface area contributed by atoms with Crippen LogP contribution in [-0.4, -0.2) is 30.5 Å². The van der Waals surface area contributed by atoms with Crippen LogP contribution in [0, 0.1) is 12.8 Å². The van der Waals surface area contributed by atoms with E-state index >= 15 is 0 Å². The van der Waals surface area contributed by atoms with Crippen molar-refractivity contribution in [1.29, 1.82) is 0 Å². The van der Waals surface area contributed by atoms with Crippen molar-refractivity contribution in [3.05, 3.63) is 64.5 Å². The number of ether oxygens (including phenoxy) is 2. The molecule has 0 radical (unpaired) electrons. The fraction of sp³-hybridized carbons (Fsp3) is 0.333. The largest absolute Gasteiger partial charge is 0.484 e. The van der Waals surface area contributed by atoms with Gasteiger partial charge in [-0.05, 0) is 49.9 Å². The number of hydrogen-bond donors (Lipinski definition) is 0. The molecular formula is C24H25NO5. The topological polar surface area (TPSA) is 69.0 Å². The lowest BCUT2D eigenvalue weighted by Gasteiger charge is -2.30. The molecule has 1 aliphatic heterocycles. The first-order chi connectivity index (χ1) is 14.5. The maximum Gasteiger partial charge on any atom is 0.260 e. The second-order valence-corrected chi connectivity index (χ2v) is 7.74. The Hall–Kier alpha value is -3.28. The summed E-state index contributed by atoms with van der Waals surface area (Å²) < 4.78 is 17.2. The van der Waals surface area contributed by atoms with E-state index in [4.69, 9.17) is 13.9 Å². The Kier molecular flexibility index (Phi) is 5.74. The van der Waals surface area contributed by atoms with E-state index < -0.39 is 0 Å². The minimum atomic E-state index is -0.248. The van der Waals surface area contributed by atoms with Gasteiger partial charge in [0.25, 0.3) is 5.91 Å². The van der Waals surface area contributed by atoms with Crippen LogP contribution in [0.3, 0.4) is 0 Å². The molecule has 0 atom stereocenters. The number of benzene rings is 2. The van der Waals surface area contributed by atoms with Crippen LogP contribution in [0.15, 0.2) is 57.7 Å². The highest BCUT2D eigenvalue weighted by atomic mass is 16.5. The van der Waals surface area contributed by atoms with Gasteiger partial charge in [-0.1, -0.05) is 25.1 Å². The number of carbonyl (C=O) groups excluding carboxylic acids is 1. The second kappa shape index (κ2) is 8.61. The van der Waals surface area contributed by atoms with Gasteiger partial charge in [0.1, 0.15) is 22.8 Å². The molecule has 0 bridgehead atoms. The molecule has 3 aromatic rings. The number of para-hydroxylation sites is 1. The van der Waals surface area contributed by atoms with E-state index in [-0.39, 0.29) is 23.7 Å². The Labute approximate surface area is 175 Å². The third-order valence-corrected chi connectivity index (χ3v) is 5.45. The normalized spacial score (nSPS) is 14.7. The number of rotatable bonds is 5. The fourth-order valence-electron chi connectivity index (χ4n) is 3.58. The summed E-state index contributed by atoms with van der Waals surface area (Å²) in [5, 5.41) is 0.398. The molecule has 0 N–H and O–H groups in total. The van der Waals surface area contributed by atoms with E-state index in [9.17, 15) is 9.59 Å². The van der Waals surface area contributed by atoms with Gasteiger partial charge in [0.15, 0.2) is 6.61 Å². The minimum Gasteiger partial charge on any atom is -0.484 e. The average Bonchev–Trinajstić information content (AvgIpc) is 2.76. The van der Waals surface area contributed by atoms with E-state index in [1.807, 2.05) is 23.1 Å². The van der Waals surface area contributed by atoms with E-state index in [1.165, 1.54) is 0 Å². The summed E-state index contributed by atoms with van der Waals surface area (Å²) in [6.45, 7) is 5.42. The lowest BCUT2D eigenvalue weighted by atomic mass is 9.99. The summed E-state index contributed by atoms with van der Waals surface area (Å²) in [6, 6.07) is 14.1. The Morgan fingerprint density at radius 3 is 2.57 bits per heavy atom. The molecule has 30 heavy (non-hydrogen) atoms. The van der Waals surface area contributed by atoms with Gasteiger partial charge in [0.05, 0.1) is 5.39 Å². The zero-order valence-corrected chi connectivity index (χ0v) is 17.2. The van der Waals surface area contributed by atoms with Crippen molar-refractivity contribution in [2.24, 2.45) is 5.92 Å². The van der Waals surface area contributed by atoms with Gasteiger partial charge in [0.2, 0.25) is 11.2 Å². The number of carbonyl (C=O) groups is 1. The summed E-state index contributed by atoms with van der Waals surface area (Å²) >= 11 is 0. The molecule has 1 saturated heterocycles. The molecule has 0 unspecified atom stereocenters. The summed E-state index contributed by atoms with van der Waals surface area (Å²) in [6.07, 6.45) is 2.05. The number of aryl methyl sites for hydroxylation is 1. The highest BCUT2D eigenvalue weighted by Crippen LogP contribution is 2.27. The Balaban J connectivity index is 1.50. The lowest BCUT2D eigenvalue weighted by molar-refractivity contribution is -0.134. The number of piperidine rings is 1. The first-order valence-electron chi connectivity index (χ1n) is 10.2. The third-order valence-electron chi connectivity index (χ3n) is 5.45. The summed E-state index contributed by atoms with van der Waals surface area (Å²) in [7, 11) is 0. The standard InChI is InChI=1S/C24H25NO5/c1-16-10-12-25(13-11-16)22(26)15-28-19-8-9-20-21(14-19)29-17(2)24(23(20)27)30-18-6-4-3-5-7-18/h3-9,14,16H,10-13,15H2,1-2H3. The molecule has 0 spiro atoms. The van der Waals surface area contributed by atoms with Crippen molar-refractivity contribution >= 4 is 16.9 Å². The highest BCUT2D eigenvalue weighted by Gasteiger charge is 2.21. The predicted octanol–water partition coefficient (Wildman–Crippen LogP) is 4.53. The van der Waals surface area contributed by atoms with Crippen molar-refractivity contribution < 1.29 is 18.7 Å². The van der Waals surface area contributed by atoms with Crippen LogP contribution in [0.1, 0.15) is 25.5 Å². The number of fused-ring (bicyclic) bond motifs is 1. The monoisotopic (exact) mass is 407 g/mol. The first-order valence-corrected chi connectivity index (χ1v) is 10.2. The molecule has 2 heterocycles. The smallest absolute Gasteiger partial charge is 0.260 e. The maximum atomic E-state index is 12.9. The van der Waals surface area contributed by atoms with Crippen LogP contribution in [-0.2, 0) is 4.79 Å². The van der Waals surface area contributed by atoms with Gasteiger partial charge in [-0.25, -0.2) is 0 Å². The number of amides is 1. The van der Waals surface area contributed by atoms with Crippen LogP contribution < -0.4 is 14.9 Å². The van der Waals surface area contributed by atoms with Crippen LogP contribution >= 0.6 is 0 Å². The molecule has 6 heteroatoms. The van der Waals surface area contributed by atoms with E-state index in [1.54, 1.807) is 37.3 Å².